The number of rotatable bonds is 3. The Hall–Kier alpha value is -1.49. The van der Waals surface area contributed by atoms with Gasteiger partial charge in [0.2, 0.25) is 0 Å². The summed E-state index contributed by atoms with van der Waals surface area (Å²) in [7, 11) is 0. The number of aliphatic hydroxyl groups is 1. The van der Waals surface area contributed by atoms with Gasteiger partial charge in [0.25, 0.3) is 5.69 Å². The molecule has 0 unspecified atom stereocenters. The van der Waals surface area contributed by atoms with Gasteiger partial charge in [0.1, 0.15) is 5.82 Å². The Kier molecular flexibility index (Phi) is 2.92. The first kappa shape index (κ1) is 9.60. The summed E-state index contributed by atoms with van der Waals surface area (Å²) < 4.78 is 12.6. The van der Waals surface area contributed by atoms with Crippen LogP contribution in [0.5, 0.6) is 0 Å². The lowest BCUT2D eigenvalue weighted by atomic mass is 10.1. The minimum Gasteiger partial charge on any atom is -0.396 e. The van der Waals surface area contributed by atoms with Gasteiger partial charge in [-0.3, -0.25) is 10.1 Å². The van der Waals surface area contributed by atoms with Gasteiger partial charge < -0.3 is 5.11 Å². The number of nitrogens with zero attached hydrogens (tertiary/aromatic N) is 1. The van der Waals surface area contributed by atoms with Crippen molar-refractivity contribution in [1.82, 2.24) is 0 Å². The zero-order valence-electron chi connectivity index (χ0n) is 6.74. The van der Waals surface area contributed by atoms with E-state index < -0.39 is 10.7 Å². The van der Waals surface area contributed by atoms with Crippen LogP contribution in [-0.2, 0) is 6.42 Å². The number of halogens is 1. The lowest BCUT2D eigenvalue weighted by Gasteiger charge is -1.99. The molecule has 0 aliphatic heterocycles. The minimum absolute atomic E-state index is 0.0913. The first-order valence-corrected chi connectivity index (χ1v) is 3.69. The summed E-state index contributed by atoms with van der Waals surface area (Å²) in [4.78, 5) is 9.82. The second-order valence-electron chi connectivity index (χ2n) is 2.50. The molecule has 13 heavy (non-hydrogen) atoms. The van der Waals surface area contributed by atoms with E-state index in [1.807, 2.05) is 0 Å². The van der Waals surface area contributed by atoms with Crippen LogP contribution < -0.4 is 0 Å². The quantitative estimate of drug-likeness (QED) is 0.569. The number of nitro groups is 1. The smallest absolute Gasteiger partial charge is 0.272 e. The summed E-state index contributed by atoms with van der Waals surface area (Å²) in [6.45, 7) is -0.232. The van der Waals surface area contributed by atoms with Crippen molar-refractivity contribution in [2.75, 3.05) is 6.61 Å². The van der Waals surface area contributed by atoms with Crippen LogP contribution in [0.1, 0.15) is 5.56 Å². The topological polar surface area (TPSA) is 63.4 Å². The van der Waals surface area contributed by atoms with Gasteiger partial charge in [-0.2, -0.15) is 0 Å². The third-order valence-corrected chi connectivity index (χ3v) is 1.62. The summed E-state index contributed by atoms with van der Waals surface area (Å²) in [6.07, 6.45) is 0.0913. The molecule has 1 rings (SSSR count). The molecule has 1 aromatic rings. The molecule has 4 nitrogen and oxygen atoms in total. The summed E-state index contributed by atoms with van der Waals surface area (Å²) in [5, 5.41) is 19.0. The highest BCUT2D eigenvalue weighted by Gasteiger charge is 2.13. The zero-order chi connectivity index (χ0) is 9.84. The zero-order valence-corrected chi connectivity index (χ0v) is 6.74. The number of hydrogen-bond acceptors (Lipinski definition) is 3. The Morgan fingerprint density at radius 3 is 2.77 bits per heavy atom. The predicted molar refractivity (Wildman–Crippen MR) is 43.8 cm³/mol. The molecule has 1 aromatic carbocycles. The summed E-state index contributed by atoms with van der Waals surface area (Å²) in [6, 6.07) is 3.19. The first-order valence-electron chi connectivity index (χ1n) is 3.69. The van der Waals surface area contributed by atoms with E-state index in [2.05, 4.69) is 0 Å². The SMILES string of the molecule is O=[N+]([O-])c1ccc(F)cc1CCO. The van der Waals surface area contributed by atoms with E-state index >= 15 is 0 Å². The normalized spacial score (nSPS) is 10.0. The highest BCUT2D eigenvalue weighted by molar-refractivity contribution is 5.40. The van der Waals surface area contributed by atoms with Gasteiger partial charge in [-0.25, -0.2) is 4.39 Å². The van der Waals surface area contributed by atoms with Crippen molar-refractivity contribution >= 4 is 5.69 Å². The molecule has 1 N–H and O–H groups in total. The third-order valence-electron chi connectivity index (χ3n) is 1.62. The van der Waals surface area contributed by atoms with Gasteiger partial charge in [0.15, 0.2) is 0 Å². The Morgan fingerprint density at radius 1 is 1.54 bits per heavy atom. The van der Waals surface area contributed by atoms with Crippen LogP contribution in [0.4, 0.5) is 10.1 Å². The fraction of sp³-hybridized carbons (Fsp3) is 0.250. The maximum atomic E-state index is 12.6. The molecule has 0 radical (unpaired) electrons. The highest BCUT2D eigenvalue weighted by atomic mass is 19.1. The van der Waals surface area contributed by atoms with Gasteiger partial charge in [0.05, 0.1) is 4.92 Å². The van der Waals surface area contributed by atoms with E-state index in [0.29, 0.717) is 0 Å². The maximum absolute atomic E-state index is 12.6. The highest BCUT2D eigenvalue weighted by Crippen LogP contribution is 2.19. The molecule has 5 heteroatoms. The maximum Gasteiger partial charge on any atom is 0.272 e. The first-order chi connectivity index (χ1) is 6.15. The van der Waals surface area contributed by atoms with Crippen molar-refractivity contribution in [1.29, 1.82) is 0 Å². The lowest BCUT2D eigenvalue weighted by Crippen LogP contribution is -1.98. The molecule has 0 amide bonds. The van der Waals surface area contributed by atoms with Crippen LogP contribution >= 0.6 is 0 Å². The average molecular weight is 185 g/mol. The van der Waals surface area contributed by atoms with E-state index in [1.165, 1.54) is 0 Å². The third kappa shape index (κ3) is 2.22. The standard InChI is InChI=1S/C8H8FNO3/c9-7-1-2-8(10(12)13)6(5-7)3-4-11/h1-2,5,11H,3-4H2. The molecule has 0 heterocycles. The summed E-state index contributed by atoms with van der Waals surface area (Å²) in [5.74, 6) is -0.533. The number of benzene rings is 1. The second-order valence-corrected chi connectivity index (χ2v) is 2.50. The molecule has 70 valence electrons. The lowest BCUT2D eigenvalue weighted by molar-refractivity contribution is -0.385. The predicted octanol–water partition coefficient (Wildman–Crippen LogP) is 1.27. The molecule has 0 saturated heterocycles. The Bertz CT molecular complexity index is 327. The fourth-order valence-electron chi connectivity index (χ4n) is 1.05. The van der Waals surface area contributed by atoms with E-state index in [4.69, 9.17) is 5.11 Å². The fourth-order valence-corrected chi connectivity index (χ4v) is 1.05. The molecule has 0 aliphatic carbocycles. The van der Waals surface area contributed by atoms with E-state index in [1.54, 1.807) is 0 Å². The number of hydrogen-bond donors (Lipinski definition) is 1. The Morgan fingerprint density at radius 2 is 2.23 bits per heavy atom. The summed E-state index contributed by atoms with van der Waals surface area (Å²) >= 11 is 0. The van der Waals surface area contributed by atoms with Crippen LogP contribution in [0.15, 0.2) is 18.2 Å². The molecule has 0 aromatic heterocycles. The molecular weight excluding hydrogens is 177 g/mol. The number of nitro benzene ring substituents is 1. The van der Waals surface area contributed by atoms with Gasteiger partial charge in [0, 0.05) is 24.7 Å². The second kappa shape index (κ2) is 3.95. The van der Waals surface area contributed by atoms with Crippen LogP contribution in [0.3, 0.4) is 0 Å². The molecule has 0 atom stereocenters. The van der Waals surface area contributed by atoms with E-state index in [0.717, 1.165) is 18.2 Å². The Balaban J connectivity index is 3.10. The van der Waals surface area contributed by atoms with Crippen molar-refractivity contribution in [3.05, 3.63) is 39.7 Å². The van der Waals surface area contributed by atoms with Crippen LogP contribution in [-0.4, -0.2) is 16.6 Å². The minimum atomic E-state index is -0.593. The van der Waals surface area contributed by atoms with Crippen molar-refractivity contribution in [2.24, 2.45) is 0 Å². The van der Waals surface area contributed by atoms with Gasteiger partial charge in [-0.15, -0.1) is 0 Å². The van der Waals surface area contributed by atoms with Crippen molar-refractivity contribution in [2.45, 2.75) is 6.42 Å². The van der Waals surface area contributed by atoms with E-state index in [9.17, 15) is 14.5 Å². The largest absolute Gasteiger partial charge is 0.396 e. The van der Waals surface area contributed by atoms with Crippen LogP contribution in [0.2, 0.25) is 0 Å². The molecule has 0 fully saturated rings. The monoisotopic (exact) mass is 185 g/mol. The molecular formula is C8H8FNO3. The van der Waals surface area contributed by atoms with Crippen LogP contribution in [0, 0.1) is 15.9 Å². The summed E-state index contributed by atoms with van der Waals surface area (Å²) in [5.41, 5.74) is 0.0583. The van der Waals surface area contributed by atoms with Gasteiger partial charge >= 0.3 is 0 Å². The molecule has 0 bridgehead atoms. The van der Waals surface area contributed by atoms with Crippen molar-refractivity contribution in [3.8, 4) is 0 Å². The van der Waals surface area contributed by atoms with Crippen LogP contribution in [0.25, 0.3) is 0 Å². The molecule has 0 spiro atoms. The molecule has 0 aliphatic rings. The van der Waals surface area contributed by atoms with E-state index in [-0.39, 0.29) is 24.3 Å². The average Bonchev–Trinajstić information content (AvgIpc) is 2.04. The van der Waals surface area contributed by atoms with Gasteiger partial charge in [-0.05, 0) is 12.1 Å². The van der Waals surface area contributed by atoms with Crippen molar-refractivity contribution < 1.29 is 14.4 Å². The van der Waals surface area contributed by atoms with Crippen molar-refractivity contribution in [3.63, 3.8) is 0 Å². The molecule has 0 saturated carbocycles. The Labute approximate surface area is 73.8 Å². The number of aliphatic hydroxyl groups excluding tert-OH is 1. The van der Waals surface area contributed by atoms with Gasteiger partial charge in [-0.1, -0.05) is 0 Å².